The van der Waals surface area contributed by atoms with Crippen molar-refractivity contribution in [3.8, 4) is 11.5 Å². The van der Waals surface area contributed by atoms with Crippen molar-refractivity contribution in [2.75, 3.05) is 13.7 Å². The van der Waals surface area contributed by atoms with Crippen LogP contribution in [-0.2, 0) is 22.4 Å². The van der Waals surface area contributed by atoms with E-state index in [0.29, 0.717) is 24.3 Å². The predicted molar refractivity (Wildman–Crippen MR) is 107 cm³/mol. The number of hydrogen-bond acceptors (Lipinski definition) is 5. The van der Waals surface area contributed by atoms with Crippen LogP contribution in [-0.4, -0.2) is 35.9 Å². The zero-order valence-corrected chi connectivity index (χ0v) is 16.8. The Kier molecular flexibility index (Phi) is 7.64. The topological polar surface area (TPSA) is 105 Å². The van der Waals surface area contributed by atoms with E-state index < -0.39 is 19.4 Å². The fourth-order valence-corrected chi connectivity index (χ4v) is 3.65. The minimum atomic E-state index is -2.55. The number of hydrogen-bond donors (Lipinski definition) is 2. The lowest BCUT2D eigenvalue weighted by molar-refractivity contribution is -0.138. The zero-order chi connectivity index (χ0) is 20.6. The molecule has 8 heteroatoms. The first-order valence-electron chi connectivity index (χ1n) is 8.78. The fraction of sp³-hybridized carbons (Fsp3) is 0.300. The van der Waals surface area contributed by atoms with E-state index in [1.807, 2.05) is 24.3 Å². The molecule has 0 aromatic heterocycles. The van der Waals surface area contributed by atoms with E-state index in [1.165, 1.54) is 0 Å². The number of benzene rings is 2. The van der Waals surface area contributed by atoms with Gasteiger partial charge < -0.3 is 19.3 Å². The Morgan fingerprint density at radius 3 is 1.46 bits per heavy atom. The van der Waals surface area contributed by atoms with E-state index in [4.69, 9.17) is 19.3 Å². The molecule has 0 saturated heterocycles. The van der Waals surface area contributed by atoms with E-state index in [1.54, 1.807) is 38.0 Å². The van der Waals surface area contributed by atoms with Crippen LogP contribution >= 0.6 is 7.51 Å². The first-order valence-corrected chi connectivity index (χ1v) is 10.8. The van der Waals surface area contributed by atoms with Crippen LogP contribution in [0.3, 0.4) is 0 Å². The molecule has 150 valence electrons. The largest absolute Gasteiger partial charge is 0.481 e. The van der Waals surface area contributed by atoms with Gasteiger partial charge in [0.25, 0.3) is 0 Å². The van der Waals surface area contributed by atoms with E-state index in [2.05, 4.69) is 4.74 Å². The Hall–Kier alpha value is -2.79. The average Bonchev–Trinajstić information content (AvgIpc) is 2.67. The monoisotopic (exact) mass is 405 g/mol. The van der Waals surface area contributed by atoms with Gasteiger partial charge in [-0.05, 0) is 48.2 Å². The summed E-state index contributed by atoms with van der Waals surface area (Å²) in [5, 5.41) is 17.5. The molecule has 0 heterocycles. The number of aryl methyl sites for hydroxylation is 2. The summed E-state index contributed by atoms with van der Waals surface area (Å²) in [4.78, 5) is 21.3. The minimum absolute atomic E-state index is 0.0841. The molecular formula is C20H24NO6P. The Bertz CT molecular complexity index is 794. The molecule has 0 amide bonds. The molecule has 0 fully saturated rings. The summed E-state index contributed by atoms with van der Waals surface area (Å²) < 4.78 is 16.2. The zero-order valence-electron chi connectivity index (χ0n) is 15.9. The highest BCUT2D eigenvalue weighted by molar-refractivity contribution is 7.56. The second-order valence-electron chi connectivity index (χ2n) is 6.26. The molecule has 0 spiro atoms. The molecule has 0 aliphatic carbocycles. The van der Waals surface area contributed by atoms with Gasteiger partial charge in [0.2, 0.25) is 0 Å². The van der Waals surface area contributed by atoms with Crippen LogP contribution in [0, 0.1) is 0 Å². The third-order valence-corrected chi connectivity index (χ3v) is 5.84. The van der Waals surface area contributed by atoms with Crippen molar-refractivity contribution in [1.29, 1.82) is 0 Å². The second kappa shape index (κ2) is 9.95. The Balaban J connectivity index is 2.00. The number of nitrogens with zero attached hydrogens (tertiary/aromatic N) is 1. The van der Waals surface area contributed by atoms with Gasteiger partial charge in [-0.15, -0.1) is 0 Å². The van der Waals surface area contributed by atoms with Gasteiger partial charge in [0.15, 0.2) is 0 Å². The number of carboxylic acids is 2. The highest BCUT2D eigenvalue weighted by atomic mass is 31.2. The van der Waals surface area contributed by atoms with Crippen molar-refractivity contribution in [2.45, 2.75) is 25.7 Å². The van der Waals surface area contributed by atoms with Crippen molar-refractivity contribution in [3.05, 3.63) is 59.7 Å². The second-order valence-corrected chi connectivity index (χ2v) is 8.63. The number of aliphatic carboxylic acids is 2. The molecule has 0 unspecified atom stereocenters. The maximum absolute atomic E-state index is 10.7. The molecule has 2 N–H and O–H groups in total. The van der Waals surface area contributed by atoms with Gasteiger partial charge in [-0.1, -0.05) is 24.3 Å². The molecule has 0 radical (unpaired) electrons. The van der Waals surface area contributed by atoms with Gasteiger partial charge in [0.05, 0.1) is 0 Å². The van der Waals surface area contributed by atoms with Crippen molar-refractivity contribution in [3.63, 3.8) is 0 Å². The molecular weight excluding hydrogens is 381 g/mol. The SMILES string of the molecule is CN=P(C)(Oc1ccc(CCC(=O)O)cc1)Oc1ccc(CCC(=O)O)cc1. The highest BCUT2D eigenvalue weighted by Crippen LogP contribution is 2.47. The van der Waals surface area contributed by atoms with E-state index in [9.17, 15) is 9.59 Å². The fourth-order valence-electron chi connectivity index (χ4n) is 2.43. The predicted octanol–water partition coefficient (Wildman–Crippen LogP) is 4.47. The van der Waals surface area contributed by atoms with Gasteiger partial charge >= 0.3 is 19.4 Å². The molecule has 2 rings (SSSR count). The van der Waals surface area contributed by atoms with Crippen molar-refractivity contribution in [1.82, 2.24) is 0 Å². The highest BCUT2D eigenvalue weighted by Gasteiger charge is 2.17. The van der Waals surface area contributed by atoms with Crippen LogP contribution < -0.4 is 9.05 Å². The van der Waals surface area contributed by atoms with Crippen LogP contribution in [0.1, 0.15) is 24.0 Å². The maximum atomic E-state index is 10.7. The van der Waals surface area contributed by atoms with Gasteiger partial charge in [-0.3, -0.25) is 9.59 Å². The third kappa shape index (κ3) is 7.08. The van der Waals surface area contributed by atoms with Crippen molar-refractivity contribution in [2.24, 2.45) is 4.74 Å². The Morgan fingerprint density at radius 1 is 0.821 bits per heavy atom. The molecule has 0 aliphatic heterocycles. The summed E-state index contributed by atoms with van der Waals surface area (Å²) in [7, 11) is -0.914. The summed E-state index contributed by atoms with van der Waals surface area (Å²) in [6.07, 6.45) is 1.09. The van der Waals surface area contributed by atoms with Gasteiger partial charge in [0, 0.05) is 26.6 Å². The summed E-state index contributed by atoms with van der Waals surface area (Å²) >= 11 is 0. The Labute approximate surface area is 164 Å². The van der Waals surface area contributed by atoms with E-state index in [0.717, 1.165) is 11.1 Å². The van der Waals surface area contributed by atoms with Gasteiger partial charge in [-0.2, -0.15) is 0 Å². The summed E-state index contributed by atoms with van der Waals surface area (Å²) in [6.45, 7) is 1.80. The molecule has 0 aliphatic rings. The van der Waals surface area contributed by atoms with Crippen molar-refractivity contribution < 1.29 is 28.8 Å². The van der Waals surface area contributed by atoms with Crippen LogP contribution in [0.15, 0.2) is 53.3 Å². The molecule has 0 saturated carbocycles. The van der Waals surface area contributed by atoms with E-state index in [-0.39, 0.29) is 12.8 Å². The standard InChI is InChI=1S/C20H24NO6P/c1-21-28(2,26-17-9-3-15(4-10-17)7-13-19(22)23)27-18-11-5-16(6-12-18)8-14-20(24)25/h3-6,9-12H,7-8,13-14H2,1-2H3,(H,22,23)(H,24,25). The first kappa shape index (κ1) is 21.5. The molecule has 7 nitrogen and oxygen atoms in total. The number of carbonyl (C=O) groups is 2. The number of rotatable bonds is 10. The molecule has 2 aromatic carbocycles. The quantitative estimate of drug-likeness (QED) is 0.565. The first-order chi connectivity index (χ1) is 13.3. The van der Waals surface area contributed by atoms with Crippen LogP contribution in [0.25, 0.3) is 0 Å². The van der Waals surface area contributed by atoms with Gasteiger partial charge in [0.1, 0.15) is 11.5 Å². The van der Waals surface area contributed by atoms with E-state index >= 15 is 0 Å². The minimum Gasteiger partial charge on any atom is -0.481 e. The third-order valence-electron chi connectivity index (χ3n) is 4.01. The summed E-state index contributed by atoms with van der Waals surface area (Å²) in [5.74, 6) is -0.464. The lowest BCUT2D eigenvalue weighted by Gasteiger charge is -2.21. The summed E-state index contributed by atoms with van der Waals surface area (Å²) in [5.41, 5.74) is 1.84. The molecule has 0 atom stereocenters. The lowest BCUT2D eigenvalue weighted by atomic mass is 10.1. The maximum Gasteiger partial charge on any atom is 0.310 e. The molecule has 2 aromatic rings. The molecule has 0 bridgehead atoms. The van der Waals surface area contributed by atoms with Crippen LogP contribution in [0.5, 0.6) is 11.5 Å². The molecule has 28 heavy (non-hydrogen) atoms. The number of carboxylic acid groups (broad SMARTS) is 2. The lowest BCUT2D eigenvalue weighted by Crippen LogP contribution is -2.01. The van der Waals surface area contributed by atoms with Gasteiger partial charge in [-0.25, -0.2) is 4.74 Å². The Morgan fingerprint density at radius 2 is 1.18 bits per heavy atom. The van der Waals surface area contributed by atoms with Crippen molar-refractivity contribution >= 4 is 19.4 Å². The summed E-state index contributed by atoms with van der Waals surface area (Å²) in [6, 6.07) is 14.4. The smallest absolute Gasteiger partial charge is 0.310 e. The average molecular weight is 405 g/mol. The van der Waals surface area contributed by atoms with Crippen LogP contribution in [0.2, 0.25) is 0 Å². The van der Waals surface area contributed by atoms with Crippen LogP contribution in [0.4, 0.5) is 0 Å². The normalized spacial score (nSPS) is 10.9.